The van der Waals surface area contributed by atoms with Crippen LogP contribution in [0.2, 0.25) is 0 Å². The molecule has 13 heavy (non-hydrogen) atoms. The van der Waals surface area contributed by atoms with E-state index in [1.807, 2.05) is 14.0 Å². The summed E-state index contributed by atoms with van der Waals surface area (Å²) in [5.41, 5.74) is 0. The van der Waals surface area contributed by atoms with Crippen molar-refractivity contribution >= 4 is 0 Å². The van der Waals surface area contributed by atoms with Gasteiger partial charge in [0.2, 0.25) is 5.89 Å². The maximum atomic E-state index is 5.01. The summed E-state index contributed by atoms with van der Waals surface area (Å²) < 4.78 is 9.91. The molecule has 5 heteroatoms. The number of hydrogen-bond donors (Lipinski definition) is 1. The Balaban J connectivity index is 2.53. The van der Waals surface area contributed by atoms with Gasteiger partial charge in [-0.1, -0.05) is 5.16 Å². The summed E-state index contributed by atoms with van der Waals surface area (Å²) in [4.78, 5) is 4.20. The smallest absolute Gasteiger partial charge is 0.229 e. The Hall–Kier alpha value is -0.940. The molecule has 0 spiro atoms. The summed E-state index contributed by atoms with van der Waals surface area (Å²) in [5, 5.41) is 6.87. The van der Waals surface area contributed by atoms with Crippen LogP contribution in [0.25, 0.3) is 0 Å². The molecule has 0 radical (unpaired) electrons. The van der Waals surface area contributed by atoms with Crippen LogP contribution in [0.15, 0.2) is 4.52 Å². The van der Waals surface area contributed by atoms with Gasteiger partial charge in [0, 0.05) is 7.11 Å². The lowest BCUT2D eigenvalue weighted by atomic mass is 10.3. The van der Waals surface area contributed by atoms with Gasteiger partial charge in [0.1, 0.15) is 0 Å². The fraction of sp³-hybridized carbons (Fsp3) is 0.750. The number of nitrogens with one attached hydrogen (secondary N) is 1. The lowest BCUT2D eigenvalue weighted by Gasteiger charge is -2.01. The normalized spacial score (nSPS) is 13.2. The third-order valence-corrected chi connectivity index (χ3v) is 1.82. The van der Waals surface area contributed by atoms with Gasteiger partial charge in [-0.2, -0.15) is 4.98 Å². The molecular weight excluding hydrogens is 170 g/mol. The quantitative estimate of drug-likeness (QED) is 0.725. The lowest BCUT2D eigenvalue weighted by Crippen LogP contribution is -2.13. The van der Waals surface area contributed by atoms with Gasteiger partial charge in [-0.25, -0.2) is 0 Å². The Bertz CT molecular complexity index is 249. The molecule has 1 atom stereocenters. The lowest BCUT2D eigenvalue weighted by molar-refractivity contribution is 0.192. The monoisotopic (exact) mass is 185 g/mol. The van der Waals surface area contributed by atoms with Crippen LogP contribution in [-0.2, 0) is 11.2 Å². The van der Waals surface area contributed by atoms with E-state index in [2.05, 4.69) is 15.5 Å². The highest BCUT2D eigenvalue weighted by Gasteiger charge is 2.10. The van der Waals surface area contributed by atoms with Gasteiger partial charge < -0.3 is 14.6 Å². The molecule has 5 nitrogen and oxygen atoms in total. The van der Waals surface area contributed by atoms with Crippen LogP contribution in [0.5, 0.6) is 0 Å². The van der Waals surface area contributed by atoms with Gasteiger partial charge in [-0.05, 0) is 14.0 Å². The molecular formula is C8H15N3O2. The predicted octanol–water partition coefficient (Wildman–Crippen LogP) is 0.539. The molecule has 1 N–H and O–H groups in total. The van der Waals surface area contributed by atoms with Crippen molar-refractivity contribution in [2.45, 2.75) is 19.4 Å². The highest BCUT2D eigenvalue weighted by Crippen LogP contribution is 2.07. The maximum Gasteiger partial charge on any atom is 0.229 e. The predicted molar refractivity (Wildman–Crippen MR) is 47.4 cm³/mol. The molecule has 0 aliphatic heterocycles. The van der Waals surface area contributed by atoms with Crippen LogP contribution in [0, 0.1) is 0 Å². The molecule has 0 saturated carbocycles. The first-order valence-corrected chi connectivity index (χ1v) is 4.26. The SMILES string of the molecule is CNC(C)c1noc(CCOC)n1. The van der Waals surface area contributed by atoms with Crippen molar-refractivity contribution in [2.75, 3.05) is 20.8 Å². The van der Waals surface area contributed by atoms with E-state index in [1.54, 1.807) is 7.11 Å². The minimum absolute atomic E-state index is 0.125. The molecule has 1 rings (SSSR count). The van der Waals surface area contributed by atoms with Crippen LogP contribution < -0.4 is 5.32 Å². The number of ether oxygens (including phenoxy) is 1. The number of hydrogen-bond acceptors (Lipinski definition) is 5. The zero-order chi connectivity index (χ0) is 9.68. The Morgan fingerprint density at radius 2 is 2.38 bits per heavy atom. The van der Waals surface area contributed by atoms with E-state index < -0.39 is 0 Å². The van der Waals surface area contributed by atoms with E-state index in [-0.39, 0.29) is 6.04 Å². The Kier molecular flexibility index (Phi) is 3.85. The van der Waals surface area contributed by atoms with Crippen molar-refractivity contribution in [1.82, 2.24) is 15.5 Å². The van der Waals surface area contributed by atoms with E-state index in [4.69, 9.17) is 9.26 Å². The summed E-state index contributed by atoms with van der Waals surface area (Å²) in [6.45, 7) is 2.58. The molecule has 1 heterocycles. The van der Waals surface area contributed by atoms with Crippen molar-refractivity contribution < 1.29 is 9.26 Å². The minimum atomic E-state index is 0.125. The first-order valence-electron chi connectivity index (χ1n) is 4.26. The summed E-state index contributed by atoms with van der Waals surface area (Å²) in [6, 6.07) is 0.125. The van der Waals surface area contributed by atoms with Crippen molar-refractivity contribution in [3.8, 4) is 0 Å². The second-order valence-corrected chi connectivity index (χ2v) is 2.80. The van der Waals surface area contributed by atoms with E-state index in [0.717, 1.165) is 0 Å². The third-order valence-electron chi connectivity index (χ3n) is 1.82. The van der Waals surface area contributed by atoms with E-state index in [1.165, 1.54) is 0 Å². The molecule has 0 saturated heterocycles. The average molecular weight is 185 g/mol. The first kappa shape index (κ1) is 10.1. The molecule has 0 aliphatic carbocycles. The van der Waals surface area contributed by atoms with Crippen LogP contribution in [0.1, 0.15) is 24.7 Å². The number of aromatic nitrogens is 2. The number of methoxy groups -OCH3 is 1. The van der Waals surface area contributed by atoms with Crippen molar-refractivity contribution in [3.63, 3.8) is 0 Å². The van der Waals surface area contributed by atoms with Gasteiger partial charge in [0.05, 0.1) is 19.1 Å². The number of nitrogens with zero attached hydrogens (tertiary/aromatic N) is 2. The van der Waals surface area contributed by atoms with Crippen LogP contribution in [-0.4, -0.2) is 30.9 Å². The molecule has 0 fully saturated rings. The van der Waals surface area contributed by atoms with Gasteiger partial charge >= 0.3 is 0 Å². The summed E-state index contributed by atoms with van der Waals surface area (Å²) >= 11 is 0. The molecule has 1 aromatic heterocycles. The summed E-state index contributed by atoms with van der Waals surface area (Å²) in [5.74, 6) is 1.31. The van der Waals surface area contributed by atoms with Gasteiger partial charge in [-0.15, -0.1) is 0 Å². The summed E-state index contributed by atoms with van der Waals surface area (Å²) in [6.07, 6.45) is 0.667. The molecule has 1 unspecified atom stereocenters. The van der Waals surface area contributed by atoms with Crippen LogP contribution in [0.3, 0.4) is 0 Å². The minimum Gasteiger partial charge on any atom is -0.384 e. The standard InChI is InChI=1S/C8H15N3O2/c1-6(9-2)8-10-7(13-11-8)4-5-12-3/h6,9H,4-5H2,1-3H3. The zero-order valence-corrected chi connectivity index (χ0v) is 8.20. The van der Waals surface area contributed by atoms with Gasteiger partial charge in [0.15, 0.2) is 5.82 Å². The molecule has 74 valence electrons. The largest absolute Gasteiger partial charge is 0.384 e. The second-order valence-electron chi connectivity index (χ2n) is 2.80. The van der Waals surface area contributed by atoms with Gasteiger partial charge in [-0.3, -0.25) is 0 Å². The van der Waals surface area contributed by atoms with E-state index in [0.29, 0.717) is 24.7 Å². The van der Waals surface area contributed by atoms with Crippen molar-refractivity contribution in [1.29, 1.82) is 0 Å². The summed E-state index contributed by atoms with van der Waals surface area (Å²) in [7, 11) is 3.50. The van der Waals surface area contributed by atoms with Crippen molar-refractivity contribution in [3.05, 3.63) is 11.7 Å². The van der Waals surface area contributed by atoms with Gasteiger partial charge in [0.25, 0.3) is 0 Å². The van der Waals surface area contributed by atoms with Crippen LogP contribution >= 0.6 is 0 Å². The third kappa shape index (κ3) is 2.78. The second kappa shape index (κ2) is 4.94. The zero-order valence-electron chi connectivity index (χ0n) is 8.20. The molecule has 0 bridgehead atoms. The number of rotatable bonds is 5. The topological polar surface area (TPSA) is 60.2 Å². The molecule has 0 amide bonds. The Morgan fingerprint density at radius 1 is 1.62 bits per heavy atom. The Morgan fingerprint density at radius 3 is 3.00 bits per heavy atom. The molecule has 0 aromatic carbocycles. The fourth-order valence-electron chi connectivity index (χ4n) is 0.864. The molecule has 0 aliphatic rings. The van der Waals surface area contributed by atoms with E-state index in [9.17, 15) is 0 Å². The highest BCUT2D eigenvalue weighted by molar-refractivity contribution is 4.91. The fourth-order valence-corrected chi connectivity index (χ4v) is 0.864. The van der Waals surface area contributed by atoms with Crippen molar-refractivity contribution in [2.24, 2.45) is 0 Å². The van der Waals surface area contributed by atoms with Crippen LogP contribution in [0.4, 0.5) is 0 Å². The average Bonchev–Trinajstić information content (AvgIpc) is 2.62. The maximum absolute atomic E-state index is 5.01. The first-order chi connectivity index (χ1) is 6.27. The highest BCUT2D eigenvalue weighted by atomic mass is 16.5. The Labute approximate surface area is 77.5 Å². The molecule has 1 aromatic rings. The van der Waals surface area contributed by atoms with E-state index >= 15 is 0 Å².